The maximum absolute atomic E-state index is 12.8. The van der Waals surface area contributed by atoms with Crippen LogP contribution in [-0.4, -0.2) is 19.8 Å². The third-order valence-corrected chi connectivity index (χ3v) is 4.78. The molecule has 0 amide bonds. The van der Waals surface area contributed by atoms with Gasteiger partial charge in [0.05, 0.1) is 10.5 Å². The summed E-state index contributed by atoms with van der Waals surface area (Å²) in [6.07, 6.45) is -4.03. The molecule has 1 atom stereocenters. The molecule has 0 saturated carbocycles. The average molecular weight is 374 g/mol. The maximum Gasteiger partial charge on any atom is 0.416 e. The molecule has 0 aliphatic rings. The Balaban J connectivity index is 3.08. The molecule has 0 bridgehead atoms. The van der Waals surface area contributed by atoms with Gasteiger partial charge in [0.2, 0.25) is 10.0 Å². The number of benzene rings is 1. The average Bonchev–Trinajstić information content (AvgIpc) is 2.26. The highest BCUT2D eigenvalue weighted by Crippen LogP contribution is 2.34. The minimum Gasteiger partial charge on any atom is -0.211 e. The summed E-state index contributed by atoms with van der Waals surface area (Å²) in [4.78, 5) is -0.220. The zero-order valence-electron chi connectivity index (χ0n) is 11.0. The first-order chi connectivity index (χ1) is 9.05. The summed E-state index contributed by atoms with van der Waals surface area (Å²) in [5, 5.41) is 0. The van der Waals surface area contributed by atoms with Gasteiger partial charge < -0.3 is 0 Å². The molecule has 0 heterocycles. The molecule has 0 fully saturated rings. The molecule has 1 rings (SSSR count). The lowest BCUT2D eigenvalue weighted by atomic mass is 10.1. The molecular formula is C12H15BrF3NO2S. The predicted molar refractivity (Wildman–Crippen MR) is 74.4 cm³/mol. The normalized spacial score (nSPS) is 14.3. The van der Waals surface area contributed by atoms with Crippen molar-refractivity contribution >= 4 is 26.0 Å². The molecule has 0 aliphatic carbocycles. The zero-order chi connectivity index (χ0) is 15.6. The summed E-state index contributed by atoms with van der Waals surface area (Å²) >= 11 is 3.27. The van der Waals surface area contributed by atoms with Crippen LogP contribution in [0.5, 0.6) is 0 Å². The highest BCUT2D eigenvalue weighted by Gasteiger charge is 2.34. The van der Waals surface area contributed by atoms with Crippen molar-refractivity contribution in [2.45, 2.75) is 36.2 Å². The van der Waals surface area contributed by atoms with Gasteiger partial charge in [0.1, 0.15) is 0 Å². The van der Waals surface area contributed by atoms with E-state index in [1.165, 1.54) is 6.07 Å². The quantitative estimate of drug-likeness (QED) is 0.803. The fraction of sp³-hybridized carbons (Fsp3) is 0.500. The number of hydrogen-bond acceptors (Lipinski definition) is 2. The molecule has 1 aromatic rings. The Morgan fingerprint density at radius 2 is 1.95 bits per heavy atom. The van der Waals surface area contributed by atoms with Crippen LogP contribution in [0.4, 0.5) is 13.2 Å². The molecule has 8 heteroatoms. The van der Waals surface area contributed by atoms with Crippen molar-refractivity contribution in [3.63, 3.8) is 0 Å². The summed E-state index contributed by atoms with van der Waals surface area (Å²) < 4.78 is 64.6. The van der Waals surface area contributed by atoms with Crippen LogP contribution in [0.2, 0.25) is 0 Å². The number of rotatable bonds is 5. The van der Waals surface area contributed by atoms with Crippen LogP contribution in [0, 0.1) is 6.92 Å². The van der Waals surface area contributed by atoms with Gasteiger partial charge in [-0.15, -0.1) is 0 Å². The van der Waals surface area contributed by atoms with E-state index in [1.54, 1.807) is 0 Å². The monoisotopic (exact) mass is 373 g/mol. The standard InChI is InChI=1S/C12H15BrF3NO2S/c1-8(13)6-7-17-20(18,19)11-5-3-4-10(9(11)2)12(14,15)16/h3-5,8,17H,6-7H2,1-2H3. The van der Waals surface area contributed by atoms with Gasteiger partial charge in [-0.05, 0) is 31.0 Å². The molecule has 3 nitrogen and oxygen atoms in total. The van der Waals surface area contributed by atoms with Crippen molar-refractivity contribution in [3.05, 3.63) is 29.3 Å². The van der Waals surface area contributed by atoms with Crippen molar-refractivity contribution < 1.29 is 21.6 Å². The molecular weight excluding hydrogens is 359 g/mol. The molecule has 20 heavy (non-hydrogen) atoms. The van der Waals surface area contributed by atoms with Gasteiger partial charge in [-0.2, -0.15) is 13.2 Å². The first-order valence-corrected chi connectivity index (χ1v) is 8.26. The zero-order valence-corrected chi connectivity index (χ0v) is 13.4. The van der Waals surface area contributed by atoms with E-state index in [0.29, 0.717) is 6.42 Å². The Labute approximate surface area is 124 Å². The molecule has 1 aromatic carbocycles. The van der Waals surface area contributed by atoms with Crippen molar-refractivity contribution in [1.82, 2.24) is 4.72 Å². The van der Waals surface area contributed by atoms with E-state index in [1.807, 2.05) is 6.92 Å². The van der Waals surface area contributed by atoms with Crippen molar-refractivity contribution in [2.24, 2.45) is 0 Å². The molecule has 0 spiro atoms. The van der Waals surface area contributed by atoms with Gasteiger partial charge in [0.25, 0.3) is 0 Å². The van der Waals surface area contributed by atoms with Crippen molar-refractivity contribution in [2.75, 3.05) is 6.54 Å². The fourth-order valence-corrected chi connectivity index (χ4v) is 3.22. The second kappa shape index (κ2) is 6.44. The molecule has 0 aromatic heterocycles. The van der Waals surface area contributed by atoms with Gasteiger partial charge in [0, 0.05) is 11.4 Å². The SMILES string of the molecule is Cc1c(C(F)(F)F)cccc1S(=O)(=O)NCCC(C)Br. The Hall–Kier alpha value is -0.600. The van der Waals surface area contributed by atoms with Crippen LogP contribution in [0.3, 0.4) is 0 Å². The second-order valence-corrected chi connectivity index (χ2v) is 7.69. The number of halogens is 4. The van der Waals surface area contributed by atoms with Gasteiger partial charge in [-0.25, -0.2) is 13.1 Å². The van der Waals surface area contributed by atoms with Crippen molar-refractivity contribution in [1.29, 1.82) is 0 Å². The lowest BCUT2D eigenvalue weighted by Crippen LogP contribution is -2.27. The van der Waals surface area contributed by atoms with E-state index in [9.17, 15) is 21.6 Å². The van der Waals surface area contributed by atoms with E-state index in [4.69, 9.17) is 0 Å². The smallest absolute Gasteiger partial charge is 0.211 e. The lowest BCUT2D eigenvalue weighted by molar-refractivity contribution is -0.138. The Kier molecular flexibility index (Phi) is 5.62. The highest BCUT2D eigenvalue weighted by molar-refractivity contribution is 9.09. The minimum atomic E-state index is -4.57. The highest BCUT2D eigenvalue weighted by atomic mass is 79.9. The Bertz CT molecular complexity index is 571. The summed E-state index contributed by atoms with van der Waals surface area (Å²) in [5.41, 5.74) is -1.23. The third-order valence-electron chi connectivity index (χ3n) is 2.71. The largest absolute Gasteiger partial charge is 0.416 e. The van der Waals surface area contributed by atoms with E-state index >= 15 is 0 Å². The van der Waals surface area contributed by atoms with Crippen LogP contribution in [0.1, 0.15) is 24.5 Å². The summed E-state index contributed by atoms with van der Waals surface area (Å²) in [6, 6.07) is 3.14. The van der Waals surface area contributed by atoms with E-state index in [2.05, 4.69) is 20.7 Å². The minimum absolute atomic E-state index is 0.118. The van der Waals surface area contributed by atoms with E-state index in [0.717, 1.165) is 19.1 Å². The van der Waals surface area contributed by atoms with Crippen LogP contribution in [-0.2, 0) is 16.2 Å². The van der Waals surface area contributed by atoms with E-state index < -0.39 is 21.8 Å². The molecule has 114 valence electrons. The van der Waals surface area contributed by atoms with Gasteiger partial charge in [-0.1, -0.05) is 28.9 Å². The van der Waals surface area contributed by atoms with Gasteiger partial charge in [-0.3, -0.25) is 0 Å². The Morgan fingerprint density at radius 3 is 2.45 bits per heavy atom. The van der Waals surface area contributed by atoms with Gasteiger partial charge in [0.15, 0.2) is 0 Å². The second-order valence-electron chi connectivity index (χ2n) is 4.39. The number of nitrogens with one attached hydrogen (secondary N) is 1. The third kappa shape index (κ3) is 4.46. The van der Waals surface area contributed by atoms with Crippen LogP contribution in [0.15, 0.2) is 23.1 Å². The first kappa shape index (κ1) is 17.5. The van der Waals surface area contributed by atoms with Crippen LogP contribution in [0.25, 0.3) is 0 Å². The Morgan fingerprint density at radius 1 is 1.35 bits per heavy atom. The molecule has 1 unspecified atom stereocenters. The summed E-state index contributed by atoms with van der Waals surface area (Å²) in [5.74, 6) is 0. The molecule has 1 N–H and O–H groups in total. The van der Waals surface area contributed by atoms with Crippen molar-refractivity contribution in [3.8, 4) is 0 Å². The number of sulfonamides is 1. The fourth-order valence-electron chi connectivity index (χ4n) is 1.68. The topological polar surface area (TPSA) is 46.2 Å². The van der Waals surface area contributed by atoms with E-state index in [-0.39, 0.29) is 21.8 Å². The summed E-state index contributed by atoms with van der Waals surface area (Å²) in [7, 11) is -3.94. The maximum atomic E-state index is 12.8. The molecule has 0 saturated heterocycles. The predicted octanol–water partition coefficient (Wildman–Crippen LogP) is 3.47. The molecule has 0 radical (unpaired) electrons. The van der Waals surface area contributed by atoms with Crippen LogP contribution >= 0.6 is 15.9 Å². The van der Waals surface area contributed by atoms with Gasteiger partial charge >= 0.3 is 6.18 Å². The van der Waals surface area contributed by atoms with Crippen LogP contribution < -0.4 is 4.72 Å². The first-order valence-electron chi connectivity index (χ1n) is 5.86. The molecule has 0 aliphatic heterocycles. The summed E-state index contributed by atoms with van der Waals surface area (Å²) in [6.45, 7) is 3.17. The number of hydrogen-bond donors (Lipinski definition) is 1. The number of alkyl halides is 4. The lowest BCUT2D eigenvalue weighted by Gasteiger charge is -2.14.